The maximum atomic E-state index is 12.2. The van der Waals surface area contributed by atoms with Gasteiger partial charge in [-0.25, -0.2) is 0 Å². The highest BCUT2D eigenvalue weighted by Gasteiger charge is 2.51. The fourth-order valence-electron chi connectivity index (χ4n) is 2.83. The molecule has 0 spiro atoms. The summed E-state index contributed by atoms with van der Waals surface area (Å²) in [4.78, 5) is 0. The average molecular weight is 323 g/mol. The number of fused-ring (bicyclic) bond motifs is 1. The standard InChI is InChI=1S/C15H15ClN2O2S/c16-12-5-6-14-13(9-12)15(11-3-4-11,8-7-10-1-2-10)18-21(19,20)17-14/h5-6,9-11,17-18H,1-4H2. The van der Waals surface area contributed by atoms with Crippen molar-refractivity contribution in [1.29, 1.82) is 0 Å². The van der Waals surface area contributed by atoms with Gasteiger partial charge in [0.25, 0.3) is 0 Å². The third kappa shape index (κ3) is 2.42. The molecule has 1 aromatic rings. The summed E-state index contributed by atoms with van der Waals surface area (Å²) in [5.74, 6) is 7.14. The Hall–Kier alpha value is -1.22. The predicted molar refractivity (Wildman–Crippen MR) is 82.0 cm³/mol. The first kappa shape index (κ1) is 13.4. The van der Waals surface area contributed by atoms with Gasteiger partial charge in [0, 0.05) is 16.5 Å². The van der Waals surface area contributed by atoms with E-state index in [0.29, 0.717) is 16.6 Å². The van der Waals surface area contributed by atoms with Gasteiger partial charge in [0.05, 0.1) is 5.69 Å². The quantitative estimate of drug-likeness (QED) is 0.781. The van der Waals surface area contributed by atoms with Crippen molar-refractivity contribution in [2.24, 2.45) is 11.8 Å². The van der Waals surface area contributed by atoms with E-state index in [-0.39, 0.29) is 5.92 Å². The van der Waals surface area contributed by atoms with Crippen LogP contribution in [0.25, 0.3) is 0 Å². The van der Waals surface area contributed by atoms with E-state index in [4.69, 9.17) is 11.6 Å². The van der Waals surface area contributed by atoms with Crippen LogP contribution in [0, 0.1) is 23.7 Å². The molecule has 2 fully saturated rings. The van der Waals surface area contributed by atoms with Crippen LogP contribution in [0.3, 0.4) is 0 Å². The Balaban J connectivity index is 1.92. The number of rotatable bonds is 1. The molecular weight excluding hydrogens is 308 g/mol. The van der Waals surface area contributed by atoms with Gasteiger partial charge in [0.15, 0.2) is 0 Å². The summed E-state index contributed by atoms with van der Waals surface area (Å²) < 4.78 is 29.7. The molecule has 2 aliphatic carbocycles. The van der Waals surface area contributed by atoms with Crippen LogP contribution < -0.4 is 9.44 Å². The highest BCUT2D eigenvalue weighted by Crippen LogP contribution is 2.50. The fourth-order valence-corrected chi connectivity index (χ4v) is 4.27. The van der Waals surface area contributed by atoms with E-state index in [1.807, 2.05) is 6.07 Å². The summed E-state index contributed by atoms with van der Waals surface area (Å²) in [6.45, 7) is 0. The molecule has 1 heterocycles. The number of benzene rings is 1. The van der Waals surface area contributed by atoms with Crippen LogP contribution in [0.5, 0.6) is 0 Å². The molecule has 2 saturated carbocycles. The molecule has 1 atom stereocenters. The Labute approximate surface area is 129 Å². The summed E-state index contributed by atoms with van der Waals surface area (Å²) >= 11 is 6.12. The second-order valence-corrected chi connectivity index (χ2v) is 7.87. The molecule has 4 rings (SSSR count). The van der Waals surface area contributed by atoms with Gasteiger partial charge in [-0.05, 0) is 49.8 Å². The second-order valence-electron chi connectivity index (χ2n) is 6.02. The zero-order chi connectivity index (χ0) is 14.7. The lowest BCUT2D eigenvalue weighted by atomic mass is 9.85. The van der Waals surface area contributed by atoms with Crippen molar-refractivity contribution in [2.75, 3.05) is 4.72 Å². The maximum Gasteiger partial charge on any atom is 0.300 e. The lowest BCUT2D eigenvalue weighted by Gasteiger charge is -2.36. The Morgan fingerprint density at radius 3 is 2.67 bits per heavy atom. The van der Waals surface area contributed by atoms with E-state index in [1.165, 1.54) is 0 Å². The lowest BCUT2D eigenvalue weighted by Crippen LogP contribution is -2.52. The molecule has 4 nitrogen and oxygen atoms in total. The minimum Gasteiger partial charge on any atom is -0.271 e. The third-order valence-electron chi connectivity index (χ3n) is 4.19. The number of nitrogens with one attached hydrogen (secondary N) is 2. The molecule has 0 amide bonds. The molecule has 3 aliphatic rings. The van der Waals surface area contributed by atoms with Gasteiger partial charge in [0.2, 0.25) is 0 Å². The van der Waals surface area contributed by atoms with Crippen LogP contribution in [-0.4, -0.2) is 8.42 Å². The Kier molecular flexibility index (Phi) is 2.81. The summed E-state index contributed by atoms with van der Waals surface area (Å²) in [6, 6.07) is 5.23. The molecule has 0 aromatic heterocycles. The third-order valence-corrected chi connectivity index (χ3v) is 5.50. The molecule has 1 unspecified atom stereocenters. The van der Waals surface area contributed by atoms with E-state index >= 15 is 0 Å². The van der Waals surface area contributed by atoms with Gasteiger partial charge in [-0.15, -0.1) is 0 Å². The van der Waals surface area contributed by atoms with Crippen LogP contribution in [-0.2, 0) is 15.7 Å². The Bertz CT molecular complexity index is 773. The van der Waals surface area contributed by atoms with Crippen molar-refractivity contribution < 1.29 is 8.42 Å². The highest BCUT2D eigenvalue weighted by atomic mass is 35.5. The van der Waals surface area contributed by atoms with Crippen LogP contribution >= 0.6 is 11.6 Å². The number of hydrogen-bond acceptors (Lipinski definition) is 2. The highest BCUT2D eigenvalue weighted by molar-refractivity contribution is 7.90. The summed E-state index contributed by atoms with van der Waals surface area (Å²) in [5, 5.41) is 0.592. The van der Waals surface area contributed by atoms with Crippen LogP contribution in [0.2, 0.25) is 5.02 Å². The maximum absolute atomic E-state index is 12.2. The van der Waals surface area contributed by atoms with E-state index in [9.17, 15) is 8.42 Å². The van der Waals surface area contributed by atoms with E-state index in [1.54, 1.807) is 12.1 Å². The second kappa shape index (κ2) is 4.39. The topological polar surface area (TPSA) is 58.2 Å². The number of hydrogen-bond donors (Lipinski definition) is 2. The number of halogens is 1. The summed E-state index contributed by atoms with van der Waals surface area (Å²) in [7, 11) is -3.59. The first-order valence-electron chi connectivity index (χ1n) is 7.13. The van der Waals surface area contributed by atoms with Crippen molar-refractivity contribution in [2.45, 2.75) is 31.2 Å². The van der Waals surface area contributed by atoms with Crippen molar-refractivity contribution in [1.82, 2.24) is 4.72 Å². The van der Waals surface area contributed by atoms with Crippen molar-refractivity contribution >= 4 is 27.5 Å². The lowest BCUT2D eigenvalue weighted by molar-refractivity contribution is 0.440. The van der Waals surface area contributed by atoms with Gasteiger partial charge in [-0.3, -0.25) is 4.72 Å². The zero-order valence-corrected chi connectivity index (χ0v) is 12.9. The Morgan fingerprint density at radius 2 is 2.00 bits per heavy atom. The molecule has 6 heteroatoms. The molecule has 0 saturated heterocycles. The van der Waals surface area contributed by atoms with E-state index in [2.05, 4.69) is 21.3 Å². The van der Waals surface area contributed by atoms with Crippen molar-refractivity contribution in [3.63, 3.8) is 0 Å². The SMILES string of the molecule is O=S1(=O)Nc2ccc(Cl)cc2C(C#CC2CC2)(C2CC2)N1. The van der Waals surface area contributed by atoms with Gasteiger partial charge < -0.3 is 0 Å². The molecule has 0 radical (unpaired) electrons. The zero-order valence-electron chi connectivity index (χ0n) is 11.3. The van der Waals surface area contributed by atoms with Gasteiger partial charge in [-0.1, -0.05) is 23.4 Å². The molecule has 21 heavy (non-hydrogen) atoms. The smallest absolute Gasteiger partial charge is 0.271 e. The van der Waals surface area contributed by atoms with Crippen LogP contribution in [0.4, 0.5) is 5.69 Å². The molecule has 1 aliphatic heterocycles. The monoisotopic (exact) mass is 322 g/mol. The minimum absolute atomic E-state index is 0.220. The van der Waals surface area contributed by atoms with Gasteiger partial charge in [-0.2, -0.15) is 13.1 Å². The predicted octanol–water partition coefficient (Wildman–Crippen LogP) is 2.62. The Morgan fingerprint density at radius 1 is 1.24 bits per heavy atom. The minimum atomic E-state index is -3.59. The first-order chi connectivity index (χ1) is 9.98. The van der Waals surface area contributed by atoms with Crippen LogP contribution in [0.1, 0.15) is 31.2 Å². The molecular formula is C15H15ClN2O2S. The normalized spacial score (nSPS) is 29.8. The van der Waals surface area contributed by atoms with Crippen molar-refractivity contribution in [3.05, 3.63) is 28.8 Å². The van der Waals surface area contributed by atoms with Gasteiger partial charge in [0.1, 0.15) is 5.54 Å². The van der Waals surface area contributed by atoms with E-state index in [0.717, 1.165) is 31.2 Å². The molecule has 2 N–H and O–H groups in total. The van der Waals surface area contributed by atoms with Gasteiger partial charge >= 0.3 is 10.2 Å². The van der Waals surface area contributed by atoms with Crippen molar-refractivity contribution in [3.8, 4) is 11.8 Å². The van der Waals surface area contributed by atoms with E-state index < -0.39 is 15.7 Å². The summed E-state index contributed by atoms with van der Waals surface area (Å²) in [5.41, 5.74) is 0.600. The number of anilines is 1. The average Bonchev–Trinajstić information content (AvgIpc) is 3.26. The molecule has 110 valence electrons. The first-order valence-corrected chi connectivity index (χ1v) is 8.99. The summed E-state index contributed by atoms with van der Waals surface area (Å²) in [6.07, 6.45) is 4.18. The van der Waals surface area contributed by atoms with Crippen LogP contribution in [0.15, 0.2) is 18.2 Å². The fraction of sp³-hybridized carbons (Fsp3) is 0.467. The molecule has 1 aromatic carbocycles. The molecule has 0 bridgehead atoms. The largest absolute Gasteiger partial charge is 0.300 e.